The summed E-state index contributed by atoms with van der Waals surface area (Å²) in [7, 11) is 0. The van der Waals surface area contributed by atoms with Crippen molar-refractivity contribution in [3.8, 4) is 39.1 Å². The average Bonchev–Trinajstić information content (AvgIpc) is 3.63. The second-order valence-corrected chi connectivity index (χ2v) is 13.3. The predicted octanol–water partition coefficient (Wildman–Crippen LogP) is 14.4. The van der Waals surface area contributed by atoms with Gasteiger partial charge in [0.1, 0.15) is 0 Å². The number of nitrogens with zero attached hydrogens (tertiary/aromatic N) is 2. The van der Waals surface area contributed by atoms with Crippen molar-refractivity contribution in [3.05, 3.63) is 218 Å². The van der Waals surface area contributed by atoms with Gasteiger partial charge in [-0.3, -0.25) is 0 Å². The summed E-state index contributed by atoms with van der Waals surface area (Å²) < 4.78 is 45.1. The van der Waals surface area contributed by atoms with Crippen LogP contribution >= 0.6 is 0 Å². The lowest BCUT2D eigenvalue weighted by atomic mass is 9.94. The van der Waals surface area contributed by atoms with E-state index in [1.54, 1.807) is 0 Å². The van der Waals surface area contributed by atoms with E-state index in [1.165, 1.54) is 10.8 Å². The normalized spacial score (nSPS) is 12.6. The molecule has 0 aliphatic rings. The van der Waals surface area contributed by atoms with Gasteiger partial charge >= 0.3 is 0 Å². The average molecular weight is 694 g/mol. The quantitative estimate of drug-likeness (QED) is 0.161. The maximum absolute atomic E-state index is 8.97. The topological polar surface area (TPSA) is 8.17 Å². The van der Waals surface area contributed by atoms with Gasteiger partial charge in [-0.15, -0.1) is 0 Å². The van der Waals surface area contributed by atoms with Gasteiger partial charge in [-0.05, 0) is 81.5 Å². The Hall–Kier alpha value is -7.16. The molecule has 54 heavy (non-hydrogen) atoms. The molecule has 1 aromatic heterocycles. The Bertz CT molecular complexity index is 3190. The molecule has 0 unspecified atom stereocenters. The molecule has 2 heteroatoms. The molecule has 1 heterocycles. The summed E-state index contributed by atoms with van der Waals surface area (Å²) in [6, 6.07) is 63.4. The first kappa shape index (κ1) is 26.6. The molecule has 0 fully saturated rings. The summed E-state index contributed by atoms with van der Waals surface area (Å²) in [4.78, 5) is 2.34. The molecule has 0 bridgehead atoms. The second kappa shape index (κ2) is 13.4. The highest BCUT2D eigenvalue weighted by Gasteiger charge is 2.23. The van der Waals surface area contributed by atoms with Gasteiger partial charge in [0.25, 0.3) is 0 Å². The van der Waals surface area contributed by atoms with Crippen LogP contribution in [-0.4, -0.2) is 4.57 Å². The number of hydrogen-bond acceptors (Lipinski definition) is 1. The maximum atomic E-state index is 8.97. The third-order valence-electron chi connectivity index (χ3n) is 10.3. The van der Waals surface area contributed by atoms with Crippen LogP contribution in [0.5, 0.6) is 0 Å². The zero-order valence-corrected chi connectivity index (χ0v) is 29.3. The zero-order chi connectivity index (χ0) is 40.2. The fourth-order valence-corrected chi connectivity index (χ4v) is 7.93. The molecule has 0 saturated carbocycles. The highest BCUT2D eigenvalue weighted by Crippen LogP contribution is 2.48. The number of hydrogen-bond donors (Lipinski definition) is 0. The third-order valence-corrected chi connectivity index (χ3v) is 10.3. The van der Waals surface area contributed by atoms with Gasteiger partial charge in [0.05, 0.1) is 29.3 Å². The first-order valence-electron chi connectivity index (χ1n) is 20.6. The lowest BCUT2D eigenvalue weighted by Gasteiger charge is -2.30. The molecule has 9 aromatic carbocycles. The lowest BCUT2D eigenvalue weighted by Crippen LogP contribution is -2.12. The molecule has 0 saturated heterocycles. The second-order valence-electron chi connectivity index (χ2n) is 13.3. The van der Waals surface area contributed by atoms with Crippen LogP contribution in [0.4, 0.5) is 17.1 Å². The van der Waals surface area contributed by atoms with E-state index in [-0.39, 0.29) is 29.9 Å². The summed E-state index contributed by atoms with van der Waals surface area (Å²) in [5.41, 5.74) is 11.0. The molecular formula is C52H36N2. The van der Waals surface area contributed by atoms with Gasteiger partial charge in [0, 0.05) is 33.3 Å². The molecular weight excluding hydrogens is 653 g/mol. The first-order chi connectivity index (χ1) is 28.9. The Balaban J connectivity index is 1.25. The molecule has 0 amide bonds. The number of para-hydroxylation sites is 4. The molecule has 0 aliphatic carbocycles. The van der Waals surface area contributed by atoms with Crippen LogP contribution in [-0.2, 0) is 0 Å². The van der Waals surface area contributed by atoms with Crippen molar-refractivity contribution < 1.29 is 6.85 Å². The fourth-order valence-electron chi connectivity index (χ4n) is 7.93. The van der Waals surface area contributed by atoms with Crippen LogP contribution in [0.1, 0.15) is 6.85 Å². The number of rotatable bonds is 7. The van der Waals surface area contributed by atoms with Crippen molar-refractivity contribution in [1.82, 2.24) is 4.57 Å². The summed E-state index contributed by atoms with van der Waals surface area (Å²) in [5, 5.41) is 4.17. The third kappa shape index (κ3) is 5.36. The van der Waals surface area contributed by atoms with E-state index in [9.17, 15) is 0 Å². The fraction of sp³-hybridized carbons (Fsp3) is 0. The Labute approximate surface area is 322 Å². The summed E-state index contributed by atoms with van der Waals surface area (Å²) in [5.74, 6) is 0. The van der Waals surface area contributed by atoms with Crippen molar-refractivity contribution in [2.75, 3.05) is 4.90 Å². The largest absolute Gasteiger partial charge is 0.309 e. The highest BCUT2D eigenvalue weighted by atomic mass is 15.1. The lowest BCUT2D eigenvalue weighted by molar-refractivity contribution is 1.18. The molecule has 10 rings (SSSR count). The Morgan fingerprint density at radius 1 is 0.389 bits per heavy atom. The van der Waals surface area contributed by atoms with Crippen molar-refractivity contribution in [3.63, 3.8) is 0 Å². The minimum absolute atomic E-state index is 0.122. The van der Waals surface area contributed by atoms with Crippen LogP contribution in [0.15, 0.2) is 218 Å². The monoisotopic (exact) mass is 693 g/mol. The SMILES string of the molecule is [2H]c1c([2H])c([2H])c(-n2c3ccccc3c3c(-c4ccccc4N(c4ccc(-c5ccccc5)cc4)c4ccccc4-c4cccc5ccccc45)cccc32)c([2H])c1[2H]. The molecule has 0 aliphatic heterocycles. The van der Waals surface area contributed by atoms with E-state index in [2.05, 4.69) is 150 Å². The van der Waals surface area contributed by atoms with Crippen LogP contribution < -0.4 is 4.90 Å². The minimum atomic E-state index is -0.417. The van der Waals surface area contributed by atoms with Crippen molar-refractivity contribution in [1.29, 1.82) is 0 Å². The number of anilines is 3. The Morgan fingerprint density at radius 3 is 1.70 bits per heavy atom. The van der Waals surface area contributed by atoms with Gasteiger partial charge in [-0.2, -0.15) is 0 Å². The van der Waals surface area contributed by atoms with Gasteiger partial charge in [0.15, 0.2) is 0 Å². The van der Waals surface area contributed by atoms with Crippen molar-refractivity contribution in [2.24, 2.45) is 0 Å². The maximum Gasteiger partial charge on any atom is 0.0645 e. The van der Waals surface area contributed by atoms with Gasteiger partial charge in [0.2, 0.25) is 0 Å². The molecule has 2 nitrogen and oxygen atoms in total. The van der Waals surface area contributed by atoms with Crippen LogP contribution in [0.3, 0.4) is 0 Å². The summed E-state index contributed by atoms with van der Waals surface area (Å²) in [6.45, 7) is 0. The summed E-state index contributed by atoms with van der Waals surface area (Å²) in [6.07, 6.45) is 0. The van der Waals surface area contributed by atoms with E-state index in [4.69, 9.17) is 6.85 Å². The molecule has 0 radical (unpaired) electrons. The number of fused-ring (bicyclic) bond motifs is 4. The van der Waals surface area contributed by atoms with E-state index < -0.39 is 6.04 Å². The zero-order valence-electron chi connectivity index (χ0n) is 34.3. The van der Waals surface area contributed by atoms with E-state index in [1.807, 2.05) is 47.0 Å². The van der Waals surface area contributed by atoms with Crippen LogP contribution in [0, 0.1) is 0 Å². The van der Waals surface area contributed by atoms with E-state index >= 15 is 0 Å². The van der Waals surface area contributed by atoms with E-state index in [0.29, 0.717) is 0 Å². The molecule has 0 N–H and O–H groups in total. The van der Waals surface area contributed by atoms with Crippen molar-refractivity contribution >= 4 is 49.6 Å². The van der Waals surface area contributed by atoms with Gasteiger partial charge < -0.3 is 9.47 Å². The van der Waals surface area contributed by atoms with Crippen LogP contribution in [0.2, 0.25) is 0 Å². The minimum Gasteiger partial charge on any atom is -0.309 e. The molecule has 254 valence electrons. The molecule has 10 aromatic rings. The molecule has 0 atom stereocenters. The highest BCUT2D eigenvalue weighted by molar-refractivity contribution is 6.17. The smallest absolute Gasteiger partial charge is 0.0645 e. The summed E-state index contributed by atoms with van der Waals surface area (Å²) >= 11 is 0. The molecule has 0 spiro atoms. The van der Waals surface area contributed by atoms with Gasteiger partial charge in [-0.25, -0.2) is 0 Å². The predicted molar refractivity (Wildman–Crippen MR) is 229 cm³/mol. The van der Waals surface area contributed by atoms with E-state index in [0.717, 1.165) is 72.2 Å². The standard InChI is InChI=1S/C52H36N2/c1-3-17-37(18-4-1)38-33-35-41(36-34-38)53(48-29-12-9-24-44(48)43-27-15-20-39-19-7-8-23-42(39)43)49-30-13-10-25-45(49)46-28-16-32-51-52(46)47-26-11-14-31-50(47)54(51)40-21-5-2-6-22-40/h1-36H/i2D,5D,6D,21D,22D. The Kier molecular flexibility index (Phi) is 6.61. The number of aromatic nitrogens is 1. The van der Waals surface area contributed by atoms with Crippen LogP contribution in [0.25, 0.3) is 71.6 Å². The van der Waals surface area contributed by atoms with Crippen molar-refractivity contribution in [2.45, 2.75) is 0 Å². The first-order valence-corrected chi connectivity index (χ1v) is 18.1. The Morgan fingerprint density at radius 2 is 0.926 bits per heavy atom. The van der Waals surface area contributed by atoms with Gasteiger partial charge in [-0.1, -0.05) is 170 Å². The number of benzene rings is 9.